The fraction of sp³-hybridized carbons (Fsp3) is 0.882. The van der Waals surface area contributed by atoms with Crippen LogP contribution < -0.4 is 5.32 Å². The van der Waals surface area contributed by atoms with E-state index in [9.17, 15) is 9.59 Å². The maximum Gasteiger partial charge on any atom is 0.245 e. The molecule has 0 unspecified atom stereocenters. The lowest BCUT2D eigenvalue weighted by Gasteiger charge is -2.43. The van der Waals surface area contributed by atoms with Gasteiger partial charge in [0.25, 0.3) is 0 Å². The summed E-state index contributed by atoms with van der Waals surface area (Å²) >= 11 is 0. The monoisotopic (exact) mass is 310 g/mol. The van der Waals surface area contributed by atoms with E-state index in [1.807, 2.05) is 6.92 Å². The van der Waals surface area contributed by atoms with Crippen LogP contribution in [0.5, 0.6) is 0 Å². The summed E-state index contributed by atoms with van der Waals surface area (Å²) in [5.41, 5.74) is -0.551. The summed E-state index contributed by atoms with van der Waals surface area (Å²) in [7, 11) is 0. The van der Waals surface area contributed by atoms with Crippen molar-refractivity contribution in [2.45, 2.75) is 71.6 Å². The average molecular weight is 310 g/mol. The third kappa shape index (κ3) is 3.45. The van der Waals surface area contributed by atoms with E-state index in [1.165, 1.54) is 6.42 Å². The Labute approximate surface area is 133 Å². The molecule has 2 rings (SSSR count). The molecule has 3 atom stereocenters. The zero-order valence-electron chi connectivity index (χ0n) is 14.4. The lowest BCUT2D eigenvalue weighted by Crippen LogP contribution is -2.57. The molecule has 2 aliphatic rings. The number of nitrogens with one attached hydrogen (secondary N) is 1. The van der Waals surface area contributed by atoms with Crippen LogP contribution in [0.1, 0.15) is 59.8 Å². The van der Waals surface area contributed by atoms with Crippen LogP contribution >= 0.6 is 0 Å². The predicted octanol–water partition coefficient (Wildman–Crippen LogP) is 2.30. The first-order valence-electron chi connectivity index (χ1n) is 8.63. The van der Waals surface area contributed by atoms with Gasteiger partial charge >= 0.3 is 0 Å². The van der Waals surface area contributed by atoms with E-state index in [0.29, 0.717) is 31.4 Å². The van der Waals surface area contributed by atoms with Crippen molar-refractivity contribution in [3.05, 3.63) is 0 Å². The first kappa shape index (κ1) is 17.3. The maximum atomic E-state index is 12.5. The molecule has 0 aromatic rings. The van der Waals surface area contributed by atoms with E-state index < -0.39 is 11.8 Å². The number of carbonyl (C=O) groups excluding carboxylic acids is 2. The molecule has 5 heteroatoms. The lowest BCUT2D eigenvalue weighted by atomic mass is 9.83. The third-order valence-corrected chi connectivity index (χ3v) is 4.75. The molecule has 1 N–H and O–H groups in total. The van der Waals surface area contributed by atoms with Gasteiger partial charge < -0.3 is 10.1 Å². The van der Waals surface area contributed by atoms with Gasteiger partial charge in [0.15, 0.2) is 0 Å². The summed E-state index contributed by atoms with van der Waals surface area (Å²) in [4.78, 5) is 26.8. The van der Waals surface area contributed by atoms with Crippen molar-refractivity contribution in [3.63, 3.8) is 0 Å². The van der Waals surface area contributed by atoms with E-state index in [0.717, 1.165) is 19.3 Å². The maximum absolute atomic E-state index is 12.5. The standard InChI is InChI=1S/C17H30N2O3/c1-5-15(20)19-14(16(21)18-10-12(2)3)11-22-17(19)8-6-7-13(4)9-17/h12-14H,5-11H2,1-4H3,(H,18,21)/t13-,14+,17+/m0/s1. The lowest BCUT2D eigenvalue weighted by molar-refractivity contribution is -0.162. The van der Waals surface area contributed by atoms with Gasteiger partial charge in [-0.25, -0.2) is 0 Å². The molecular weight excluding hydrogens is 280 g/mol. The molecule has 0 bridgehead atoms. The molecule has 0 aromatic heterocycles. The number of nitrogens with zero attached hydrogens (tertiary/aromatic N) is 1. The molecule has 5 nitrogen and oxygen atoms in total. The van der Waals surface area contributed by atoms with Crippen molar-refractivity contribution in [2.24, 2.45) is 11.8 Å². The number of rotatable bonds is 4. The molecule has 1 aliphatic carbocycles. The van der Waals surface area contributed by atoms with Crippen LogP contribution in [0, 0.1) is 11.8 Å². The topological polar surface area (TPSA) is 58.6 Å². The highest BCUT2D eigenvalue weighted by Crippen LogP contribution is 2.42. The Balaban J connectivity index is 2.17. The minimum Gasteiger partial charge on any atom is -0.354 e. The molecular formula is C17H30N2O3. The molecule has 1 heterocycles. The largest absolute Gasteiger partial charge is 0.354 e. The zero-order chi connectivity index (χ0) is 16.3. The summed E-state index contributed by atoms with van der Waals surface area (Å²) in [6, 6.07) is -0.475. The van der Waals surface area contributed by atoms with Gasteiger partial charge in [0.05, 0.1) is 6.61 Å². The fourth-order valence-electron chi connectivity index (χ4n) is 3.67. The average Bonchev–Trinajstić information content (AvgIpc) is 2.82. The zero-order valence-corrected chi connectivity index (χ0v) is 14.4. The summed E-state index contributed by atoms with van der Waals surface area (Å²) in [6.07, 6.45) is 4.32. The molecule has 126 valence electrons. The molecule has 0 radical (unpaired) electrons. The van der Waals surface area contributed by atoms with Crippen LogP contribution in [0.15, 0.2) is 0 Å². The van der Waals surface area contributed by atoms with Gasteiger partial charge in [-0.05, 0) is 31.1 Å². The SMILES string of the molecule is CCC(=O)N1[C@@H](C(=O)NCC(C)C)CO[C@@]12CCC[C@H](C)C2. The van der Waals surface area contributed by atoms with E-state index >= 15 is 0 Å². The van der Waals surface area contributed by atoms with E-state index in [4.69, 9.17) is 4.74 Å². The number of hydrogen-bond donors (Lipinski definition) is 1. The Kier molecular flexibility index (Phi) is 5.48. The molecule has 1 spiro atoms. The molecule has 1 saturated heterocycles. The molecule has 2 amide bonds. The quantitative estimate of drug-likeness (QED) is 0.867. The number of hydrogen-bond acceptors (Lipinski definition) is 3. The third-order valence-electron chi connectivity index (χ3n) is 4.75. The highest BCUT2D eigenvalue weighted by atomic mass is 16.5. The number of ether oxygens (including phenoxy) is 1. The fourth-order valence-corrected chi connectivity index (χ4v) is 3.67. The van der Waals surface area contributed by atoms with Crippen molar-refractivity contribution in [3.8, 4) is 0 Å². The van der Waals surface area contributed by atoms with E-state index in [2.05, 4.69) is 26.1 Å². The van der Waals surface area contributed by atoms with Gasteiger partial charge in [-0.3, -0.25) is 14.5 Å². The highest BCUT2D eigenvalue weighted by Gasteiger charge is 2.53. The van der Waals surface area contributed by atoms with Crippen LogP contribution in [0.4, 0.5) is 0 Å². The van der Waals surface area contributed by atoms with Crippen molar-refractivity contribution < 1.29 is 14.3 Å². The Hall–Kier alpha value is -1.10. The first-order chi connectivity index (χ1) is 10.4. The summed E-state index contributed by atoms with van der Waals surface area (Å²) in [5, 5.41) is 2.95. The Morgan fingerprint density at radius 1 is 1.41 bits per heavy atom. The summed E-state index contributed by atoms with van der Waals surface area (Å²) in [5.74, 6) is 0.866. The Morgan fingerprint density at radius 3 is 2.73 bits per heavy atom. The van der Waals surface area contributed by atoms with Gasteiger partial charge in [0, 0.05) is 13.0 Å². The van der Waals surface area contributed by atoms with Gasteiger partial charge in [-0.2, -0.15) is 0 Å². The van der Waals surface area contributed by atoms with Crippen LogP contribution in [-0.2, 0) is 14.3 Å². The molecule has 1 saturated carbocycles. The molecule has 22 heavy (non-hydrogen) atoms. The van der Waals surface area contributed by atoms with Crippen molar-refractivity contribution in [1.82, 2.24) is 10.2 Å². The molecule has 0 aromatic carbocycles. The Bertz CT molecular complexity index is 424. The van der Waals surface area contributed by atoms with E-state index in [1.54, 1.807) is 4.90 Å². The van der Waals surface area contributed by atoms with Gasteiger partial charge in [0.1, 0.15) is 11.8 Å². The molecule has 1 aliphatic heterocycles. The van der Waals surface area contributed by atoms with Gasteiger partial charge in [-0.15, -0.1) is 0 Å². The van der Waals surface area contributed by atoms with Crippen molar-refractivity contribution in [2.75, 3.05) is 13.2 Å². The second-order valence-corrected chi connectivity index (χ2v) is 7.23. The van der Waals surface area contributed by atoms with Crippen LogP contribution in [0.2, 0.25) is 0 Å². The van der Waals surface area contributed by atoms with Crippen molar-refractivity contribution in [1.29, 1.82) is 0 Å². The predicted molar refractivity (Wildman–Crippen MR) is 85.1 cm³/mol. The van der Waals surface area contributed by atoms with Crippen LogP contribution in [0.3, 0.4) is 0 Å². The minimum atomic E-state index is -0.551. The number of carbonyl (C=O) groups is 2. The number of amides is 2. The van der Waals surface area contributed by atoms with Crippen molar-refractivity contribution >= 4 is 11.8 Å². The smallest absolute Gasteiger partial charge is 0.245 e. The second-order valence-electron chi connectivity index (χ2n) is 7.23. The van der Waals surface area contributed by atoms with Gasteiger partial charge in [-0.1, -0.05) is 34.1 Å². The summed E-state index contributed by atoms with van der Waals surface area (Å²) < 4.78 is 6.07. The normalized spacial score (nSPS) is 31.8. The van der Waals surface area contributed by atoms with Crippen LogP contribution in [0.25, 0.3) is 0 Å². The van der Waals surface area contributed by atoms with Crippen LogP contribution in [-0.4, -0.2) is 41.6 Å². The highest BCUT2D eigenvalue weighted by molar-refractivity contribution is 5.88. The minimum absolute atomic E-state index is 0.0243. The molecule has 2 fully saturated rings. The first-order valence-corrected chi connectivity index (χ1v) is 8.63. The van der Waals surface area contributed by atoms with Gasteiger partial charge in [0.2, 0.25) is 11.8 Å². The summed E-state index contributed by atoms with van der Waals surface area (Å²) in [6.45, 7) is 9.12. The second kappa shape index (κ2) is 6.99. The Morgan fingerprint density at radius 2 is 2.14 bits per heavy atom. The van der Waals surface area contributed by atoms with E-state index in [-0.39, 0.29) is 11.8 Å².